The van der Waals surface area contributed by atoms with E-state index in [1.54, 1.807) is 0 Å². The maximum absolute atomic E-state index is 9.25. The van der Waals surface area contributed by atoms with E-state index in [1.165, 1.54) is 18.4 Å². The van der Waals surface area contributed by atoms with Crippen LogP contribution in [0.15, 0.2) is 11.6 Å². The average Bonchev–Trinajstić information content (AvgIpc) is 2.04. The summed E-state index contributed by atoms with van der Waals surface area (Å²) >= 11 is 0. The van der Waals surface area contributed by atoms with Crippen molar-refractivity contribution in [1.29, 1.82) is 0 Å². The fourth-order valence-corrected chi connectivity index (χ4v) is 1.90. The Hall–Kier alpha value is -0.340. The van der Waals surface area contributed by atoms with Gasteiger partial charge in [0.15, 0.2) is 0 Å². The first-order chi connectivity index (χ1) is 5.36. The molecule has 2 aliphatic rings. The molecule has 0 aromatic heterocycles. The van der Waals surface area contributed by atoms with Crippen LogP contribution in [0.4, 0.5) is 0 Å². The zero-order valence-electron chi connectivity index (χ0n) is 6.62. The normalized spacial score (nSPS) is 37.7. The van der Waals surface area contributed by atoms with Crippen molar-refractivity contribution < 1.29 is 9.84 Å². The van der Waals surface area contributed by atoms with Crippen molar-refractivity contribution in [3.8, 4) is 0 Å². The molecule has 2 unspecified atom stereocenters. The lowest BCUT2D eigenvalue weighted by molar-refractivity contribution is -0.00280. The van der Waals surface area contributed by atoms with Gasteiger partial charge in [-0.25, -0.2) is 0 Å². The Morgan fingerprint density at radius 1 is 1.45 bits per heavy atom. The molecule has 0 saturated heterocycles. The van der Waals surface area contributed by atoms with E-state index in [9.17, 15) is 5.11 Å². The molecule has 1 N–H and O–H groups in total. The average molecular weight is 154 g/mol. The van der Waals surface area contributed by atoms with Crippen LogP contribution in [0.5, 0.6) is 0 Å². The minimum atomic E-state index is -0.348. The van der Waals surface area contributed by atoms with E-state index in [1.807, 2.05) is 6.08 Å². The van der Waals surface area contributed by atoms with E-state index in [2.05, 4.69) is 0 Å². The quantitative estimate of drug-likeness (QED) is 0.532. The molecule has 0 amide bonds. The number of rotatable bonds is 0. The van der Waals surface area contributed by atoms with E-state index < -0.39 is 0 Å². The van der Waals surface area contributed by atoms with Gasteiger partial charge in [-0.05, 0) is 24.8 Å². The monoisotopic (exact) mass is 154 g/mol. The van der Waals surface area contributed by atoms with Gasteiger partial charge < -0.3 is 9.84 Å². The van der Waals surface area contributed by atoms with Gasteiger partial charge in [-0.3, -0.25) is 0 Å². The molecule has 1 fully saturated rings. The van der Waals surface area contributed by atoms with Crippen molar-refractivity contribution in [2.24, 2.45) is 0 Å². The lowest BCUT2D eigenvalue weighted by Crippen LogP contribution is -2.30. The molecule has 1 aliphatic carbocycles. The predicted octanol–water partition coefficient (Wildman–Crippen LogP) is 1.25. The Bertz CT molecular complexity index is 174. The van der Waals surface area contributed by atoms with Crippen molar-refractivity contribution in [1.82, 2.24) is 0 Å². The Morgan fingerprint density at radius 3 is 3.27 bits per heavy atom. The summed E-state index contributed by atoms with van der Waals surface area (Å²) in [6.45, 7) is 0.494. The summed E-state index contributed by atoms with van der Waals surface area (Å²) in [5.41, 5.74) is 1.33. The van der Waals surface area contributed by atoms with E-state index in [4.69, 9.17) is 4.74 Å². The van der Waals surface area contributed by atoms with Crippen molar-refractivity contribution >= 4 is 0 Å². The summed E-state index contributed by atoms with van der Waals surface area (Å²) in [4.78, 5) is 0. The molecular formula is C9H14O2. The van der Waals surface area contributed by atoms with Crippen molar-refractivity contribution in [3.05, 3.63) is 11.6 Å². The minimum absolute atomic E-state index is 0.340. The van der Waals surface area contributed by atoms with Crippen molar-refractivity contribution in [2.45, 2.75) is 37.9 Å². The molecular weight excluding hydrogens is 140 g/mol. The highest BCUT2D eigenvalue weighted by molar-refractivity contribution is 5.15. The van der Waals surface area contributed by atoms with Crippen LogP contribution in [0.2, 0.25) is 0 Å². The molecule has 1 aliphatic heterocycles. The third-order valence-electron chi connectivity index (χ3n) is 2.47. The molecule has 1 saturated carbocycles. The van der Waals surface area contributed by atoms with Gasteiger partial charge in [0.05, 0.1) is 18.8 Å². The van der Waals surface area contributed by atoms with Crippen molar-refractivity contribution in [2.75, 3.05) is 6.61 Å². The number of fused-ring (bicyclic) bond motifs is 1. The van der Waals surface area contributed by atoms with E-state index >= 15 is 0 Å². The van der Waals surface area contributed by atoms with Crippen LogP contribution in [0.25, 0.3) is 0 Å². The molecule has 0 bridgehead atoms. The molecule has 0 radical (unpaired) electrons. The second-order valence-corrected chi connectivity index (χ2v) is 3.38. The topological polar surface area (TPSA) is 29.5 Å². The molecule has 1 heterocycles. The van der Waals surface area contributed by atoms with Crippen LogP contribution in [-0.4, -0.2) is 23.9 Å². The largest absolute Gasteiger partial charge is 0.387 e. The number of aliphatic hydroxyl groups is 1. The molecule has 2 heteroatoms. The third kappa shape index (κ3) is 1.47. The van der Waals surface area contributed by atoms with Crippen LogP contribution < -0.4 is 0 Å². The molecule has 0 aromatic carbocycles. The van der Waals surface area contributed by atoms with Crippen LogP contribution >= 0.6 is 0 Å². The Balaban J connectivity index is 2.10. The van der Waals surface area contributed by atoms with Crippen LogP contribution in [0.3, 0.4) is 0 Å². The summed E-state index contributed by atoms with van der Waals surface area (Å²) in [5, 5.41) is 9.25. The van der Waals surface area contributed by atoms with Crippen molar-refractivity contribution in [3.63, 3.8) is 0 Å². The van der Waals surface area contributed by atoms with Crippen LogP contribution in [0.1, 0.15) is 25.7 Å². The number of hydrogen-bond acceptors (Lipinski definition) is 2. The zero-order valence-corrected chi connectivity index (χ0v) is 6.62. The van der Waals surface area contributed by atoms with Gasteiger partial charge in [-0.1, -0.05) is 12.5 Å². The minimum Gasteiger partial charge on any atom is -0.387 e. The van der Waals surface area contributed by atoms with Gasteiger partial charge in [0, 0.05) is 0 Å². The van der Waals surface area contributed by atoms with Gasteiger partial charge in [0.1, 0.15) is 0 Å². The first-order valence-electron chi connectivity index (χ1n) is 4.36. The van der Waals surface area contributed by atoms with Gasteiger partial charge in [0.25, 0.3) is 0 Å². The number of ether oxygens (including phenoxy) is 1. The first kappa shape index (κ1) is 7.32. The summed E-state index contributed by atoms with van der Waals surface area (Å²) in [7, 11) is 0. The lowest BCUT2D eigenvalue weighted by Gasteiger charge is -2.30. The molecule has 2 rings (SSSR count). The number of aliphatic hydroxyl groups excluding tert-OH is 1. The molecule has 11 heavy (non-hydrogen) atoms. The molecule has 0 aromatic rings. The molecule has 2 nitrogen and oxygen atoms in total. The summed E-state index contributed by atoms with van der Waals surface area (Å²) in [6.07, 6.45) is 6.79. The summed E-state index contributed by atoms with van der Waals surface area (Å²) < 4.78 is 5.48. The lowest BCUT2D eigenvalue weighted by atomic mass is 9.89. The van der Waals surface area contributed by atoms with E-state index in [0.29, 0.717) is 12.7 Å². The van der Waals surface area contributed by atoms with E-state index in [-0.39, 0.29) is 6.10 Å². The highest BCUT2D eigenvalue weighted by atomic mass is 16.5. The zero-order chi connectivity index (χ0) is 7.68. The maximum atomic E-state index is 9.25. The SMILES string of the molecule is OC1C=C2CCCCC2OC1. The fraction of sp³-hybridized carbons (Fsp3) is 0.778. The van der Waals surface area contributed by atoms with Crippen LogP contribution in [0, 0.1) is 0 Å². The molecule has 0 spiro atoms. The van der Waals surface area contributed by atoms with Crippen LogP contribution in [-0.2, 0) is 4.74 Å². The highest BCUT2D eigenvalue weighted by Gasteiger charge is 2.24. The standard InChI is InChI=1S/C9H14O2/c10-8-5-7-3-1-2-4-9(7)11-6-8/h5,8-10H,1-4,6H2. The number of hydrogen-bond donors (Lipinski definition) is 1. The van der Waals surface area contributed by atoms with Gasteiger partial charge in [0.2, 0.25) is 0 Å². The summed E-state index contributed by atoms with van der Waals surface area (Å²) in [5.74, 6) is 0. The highest BCUT2D eigenvalue weighted by Crippen LogP contribution is 2.29. The predicted molar refractivity (Wildman–Crippen MR) is 42.3 cm³/mol. The summed E-state index contributed by atoms with van der Waals surface area (Å²) in [6, 6.07) is 0. The smallest absolute Gasteiger partial charge is 0.0958 e. The second kappa shape index (κ2) is 2.95. The molecule has 2 atom stereocenters. The molecule has 62 valence electrons. The third-order valence-corrected chi connectivity index (χ3v) is 2.47. The maximum Gasteiger partial charge on any atom is 0.0958 e. The Labute approximate surface area is 66.9 Å². The van der Waals surface area contributed by atoms with Gasteiger partial charge in [-0.2, -0.15) is 0 Å². The fourth-order valence-electron chi connectivity index (χ4n) is 1.90. The Kier molecular flexibility index (Phi) is 1.96. The second-order valence-electron chi connectivity index (χ2n) is 3.38. The Morgan fingerprint density at radius 2 is 2.36 bits per heavy atom. The van der Waals surface area contributed by atoms with Gasteiger partial charge >= 0.3 is 0 Å². The van der Waals surface area contributed by atoms with E-state index in [0.717, 1.165) is 12.8 Å². The first-order valence-corrected chi connectivity index (χ1v) is 4.36. The van der Waals surface area contributed by atoms with Gasteiger partial charge in [-0.15, -0.1) is 0 Å².